The number of thioether (sulfide) groups is 1. The molecule has 6 nitrogen and oxygen atoms in total. The monoisotopic (exact) mass is 429 g/mol. The number of anilines is 1. The fourth-order valence-corrected chi connectivity index (χ4v) is 3.87. The summed E-state index contributed by atoms with van der Waals surface area (Å²) in [5.74, 6) is 0.170. The maximum atomic E-state index is 12.4. The van der Waals surface area contributed by atoms with Crippen molar-refractivity contribution in [2.24, 2.45) is 0 Å². The normalized spacial score (nSPS) is 10.8. The molecule has 0 aliphatic heterocycles. The van der Waals surface area contributed by atoms with Crippen LogP contribution in [-0.4, -0.2) is 31.4 Å². The van der Waals surface area contributed by atoms with E-state index >= 15 is 0 Å². The van der Waals surface area contributed by atoms with Gasteiger partial charge in [0, 0.05) is 23.8 Å². The second-order valence-corrected chi connectivity index (χ2v) is 8.26. The van der Waals surface area contributed by atoms with Crippen LogP contribution in [0.4, 0.5) is 5.69 Å². The Morgan fingerprint density at radius 2 is 1.71 bits per heavy atom. The SMILES string of the molecule is Cc1ccc(-n2cnnc2SCC(=O)Nc2ccc(Cc3ccncc3)cc2)cc1C. The predicted octanol–water partition coefficient (Wildman–Crippen LogP) is 4.60. The molecule has 4 rings (SSSR count). The third-order valence-corrected chi connectivity index (χ3v) is 5.96. The first kappa shape index (κ1) is 20.8. The van der Waals surface area contributed by atoms with Crippen LogP contribution in [0.25, 0.3) is 5.69 Å². The molecule has 31 heavy (non-hydrogen) atoms. The van der Waals surface area contributed by atoms with Crippen LogP contribution >= 0.6 is 11.8 Å². The van der Waals surface area contributed by atoms with Crippen molar-refractivity contribution in [2.75, 3.05) is 11.1 Å². The van der Waals surface area contributed by atoms with Crippen molar-refractivity contribution in [3.8, 4) is 5.69 Å². The number of nitrogens with one attached hydrogen (secondary N) is 1. The summed E-state index contributed by atoms with van der Waals surface area (Å²) in [6, 6.07) is 18.1. The smallest absolute Gasteiger partial charge is 0.234 e. The first-order valence-corrected chi connectivity index (χ1v) is 11.0. The van der Waals surface area contributed by atoms with Crippen LogP contribution < -0.4 is 5.32 Å². The topological polar surface area (TPSA) is 72.7 Å². The van der Waals surface area contributed by atoms with Crippen molar-refractivity contribution in [3.05, 3.63) is 95.6 Å². The minimum atomic E-state index is -0.0819. The van der Waals surface area contributed by atoms with Gasteiger partial charge in [0.2, 0.25) is 5.91 Å². The number of carbonyl (C=O) groups is 1. The third-order valence-electron chi connectivity index (χ3n) is 5.01. The Hall–Kier alpha value is -3.45. The van der Waals surface area contributed by atoms with Crippen molar-refractivity contribution < 1.29 is 4.79 Å². The molecule has 2 heterocycles. The van der Waals surface area contributed by atoms with E-state index in [1.165, 1.54) is 34.0 Å². The van der Waals surface area contributed by atoms with E-state index in [1.54, 1.807) is 18.7 Å². The van der Waals surface area contributed by atoms with Crippen LogP contribution in [0.15, 0.2) is 78.5 Å². The lowest BCUT2D eigenvalue weighted by molar-refractivity contribution is -0.113. The molecule has 0 saturated heterocycles. The van der Waals surface area contributed by atoms with Gasteiger partial charge in [0.15, 0.2) is 5.16 Å². The quantitative estimate of drug-likeness (QED) is 0.435. The van der Waals surface area contributed by atoms with Gasteiger partial charge in [-0.25, -0.2) is 0 Å². The lowest BCUT2D eigenvalue weighted by Crippen LogP contribution is -2.14. The zero-order chi connectivity index (χ0) is 21.6. The summed E-state index contributed by atoms with van der Waals surface area (Å²) in [5.41, 5.74) is 6.58. The molecular formula is C24H23N5OS. The average Bonchev–Trinajstić information content (AvgIpc) is 3.25. The Kier molecular flexibility index (Phi) is 6.43. The fraction of sp³-hybridized carbons (Fsp3) is 0.167. The van der Waals surface area contributed by atoms with Crippen molar-refractivity contribution in [3.63, 3.8) is 0 Å². The van der Waals surface area contributed by atoms with Gasteiger partial charge in [-0.15, -0.1) is 10.2 Å². The molecular weight excluding hydrogens is 406 g/mol. The Morgan fingerprint density at radius 1 is 0.968 bits per heavy atom. The molecule has 1 N–H and O–H groups in total. The summed E-state index contributed by atoms with van der Waals surface area (Å²) in [7, 11) is 0. The van der Waals surface area contributed by atoms with E-state index in [2.05, 4.69) is 46.5 Å². The van der Waals surface area contributed by atoms with E-state index < -0.39 is 0 Å². The zero-order valence-corrected chi connectivity index (χ0v) is 18.3. The molecule has 2 aromatic carbocycles. The number of aromatic nitrogens is 4. The lowest BCUT2D eigenvalue weighted by Gasteiger charge is -2.09. The van der Waals surface area contributed by atoms with E-state index in [1.807, 2.05) is 47.0 Å². The van der Waals surface area contributed by atoms with Crippen molar-refractivity contribution in [2.45, 2.75) is 25.4 Å². The molecule has 0 bridgehead atoms. The summed E-state index contributed by atoms with van der Waals surface area (Å²) < 4.78 is 1.90. The molecule has 0 radical (unpaired) electrons. The number of hydrogen-bond acceptors (Lipinski definition) is 5. The standard InChI is InChI=1S/C24H23N5OS/c1-17-3-8-22(13-18(17)2)29-16-26-28-24(29)31-15-23(30)27-21-6-4-19(5-7-21)14-20-9-11-25-12-10-20/h3-13,16H,14-15H2,1-2H3,(H,27,30). The molecule has 4 aromatic rings. The molecule has 0 atom stereocenters. The minimum absolute atomic E-state index is 0.0819. The van der Waals surface area contributed by atoms with Gasteiger partial charge in [0.1, 0.15) is 6.33 Å². The van der Waals surface area contributed by atoms with Crippen LogP contribution in [0.3, 0.4) is 0 Å². The van der Waals surface area contributed by atoms with Gasteiger partial charge in [-0.3, -0.25) is 14.3 Å². The highest BCUT2D eigenvalue weighted by Gasteiger charge is 2.11. The van der Waals surface area contributed by atoms with Gasteiger partial charge in [-0.05, 0) is 78.9 Å². The number of rotatable bonds is 7. The van der Waals surface area contributed by atoms with Crippen molar-refractivity contribution >= 4 is 23.4 Å². The number of pyridine rings is 1. The molecule has 7 heteroatoms. The summed E-state index contributed by atoms with van der Waals surface area (Å²) in [5, 5.41) is 11.8. The predicted molar refractivity (Wildman–Crippen MR) is 124 cm³/mol. The van der Waals surface area contributed by atoms with Gasteiger partial charge < -0.3 is 5.32 Å². The Balaban J connectivity index is 1.34. The number of aryl methyl sites for hydroxylation is 2. The maximum Gasteiger partial charge on any atom is 0.234 e. The van der Waals surface area contributed by atoms with Gasteiger partial charge >= 0.3 is 0 Å². The minimum Gasteiger partial charge on any atom is -0.325 e. The largest absolute Gasteiger partial charge is 0.325 e. The number of amides is 1. The first-order valence-electron chi connectivity index (χ1n) is 9.96. The van der Waals surface area contributed by atoms with Crippen LogP contribution in [-0.2, 0) is 11.2 Å². The second-order valence-electron chi connectivity index (χ2n) is 7.32. The average molecular weight is 430 g/mol. The number of carbonyl (C=O) groups excluding carboxylic acids is 1. The first-order chi connectivity index (χ1) is 15.1. The van der Waals surface area contributed by atoms with Crippen molar-refractivity contribution in [1.29, 1.82) is 0 Å². The molecule has 0 saturated carbocycles. The van der Waals surface area contributed by atoms with E-state index in [9.17, 15) is 4.79 Å². The van der Waals surface area contributed by atoms with E-state index in [0.29, 0.717) is 5.16 Å². The molecule has 0 spiro atoms. The lowest BCUT2D eigenvalue weighted by atomic mass is 10.1. The third kappa shape index (κ3) is 5.38. The zero-order valence-electron chi connectivity index (χ0n) is 17.4. The van der Waals surface area contributed by atoms with Crippen LogP contribution in [0.5, 0.6) is 0 Å². The second kappa shape index (κ2) is 9.57. The molecule has 0 unspecified atom stereocenters. The maximum absolute atomic E-state index is 12.4. The molecule has 156 valence electrons. The molecule has 0 aliphatic rings. The Bertz CT molecular complexity index is 1170. The molecule has 0 fully saturated rings. The molecule has 0 aliphatic carbocycles. The van der Waals surface area contributed by atoms with Gasteiger partial charge in [-0.1, -0.05) is 30.0 Å². The highest BCUT2D eigenvalue weighted by Crippen LogP contribution is 2.22. The Labute approximate surface area is 185 Å². The van der Waals surface area contributed by atoms with E-state index in [-0.39, 0.29) is 11.7 Å². The van der Waals surface area contributed by atoms with Crippen LogP contribution in [0.1, 0.15) is 22.3 Å². The van der Waals surface area contributed by atoms with Crippen LogP contribution in [0.2, 0.25) is 0 Å². The van der Waals surface area contributed by atoms with Gasteiger partial charge in [0.25, 0.3) is 0 Å². The highest BCUT2D eigenvalue weighted by atomic mass is 32.2. The van der Waals surface area contributed by atoms with Crippen molar-refractivity contribution in [1.82, 2.24) is 19.7 Å². The van der Waals surface area contributed by atoms with E-state index in [4.69, 9.17) is 0 Å². The summed E-state index contributed by atoms with van der Waals surface area (Å²) in [4.78, 5) is 16.5. The van der Waals surface area contributed by atoms with E-state index in [0.717, 1.165) is 17.8 Å². The summed E-state index contributed by atoms with van der Waals surface area (Å²) in [6.07, 6.45) is 6.09. The molecule has 1 amide bonds. The summed E-state index contributed by atoms with van der Waals surface area (Å²) >= 11 is 1.36. The highest BCUT2D eigenvalue weighted by molar-refractivity contribution is 7.99. The summed E-state index contributed by atoms with van der Waals surface area (Å²) in [6.45, 7) is 4.16. The number of nitrogens with zero attached hydrogens (tertiary/aromatic N) is 4. The Morgan fingerprint density at radius 3 is 2.45 bits per heavy atom. The van der Waals surface area contributed by atoms with Gasteiger partial charge in [-0.2, -0.15) is 0 Å². The van der Waals surface area contributed by atoms with Gasteiger partial charge in [0.05, 0.1) is 5.75 Å². The number of hydrogen-bond donors (Lipinski definition) is 1. The number of benzene rings is 2. The molecule has 2 aromatic heterocycles. The van der Waals surface area contributed by atoms with Crippen LogP contribution in [0, 0.1) is 13.8 Å². The fourth-order valence-electron chi connectivity index (χ4n) is 3.14.